The smallest absolute Gasteiger partial charge is 0.269 e. The maximum Gasteiger partial charge on any atom is 0.269 e. The van der Waals surface area contributed by atoms with Gasteiger partial charge in [-0.05, 0) is 30.3 Å². The number of benzene rings is 2. The van der Waals surface area contributed by atoms with Crippen LogP contribution in [0.3, 0.4) is 0 Å². The van der Waals surface area contributed by atoms with Gasteiger partial charge in [-0.15, -0.1) is 11.8 Å². The molecule has 0 unspecified atom stereocenters. The van der Waals surface area contributed by atoms with Crippen molar-refractivity contribution in [3.63, 3.8) is 0 Å². The summed E-state index contributed by atoms with van der Waals surface area (Å²) in [5.74, 6) is 0.118. The Bertz CT molecular complexity index is 776. The van der Waals surface area contributed by atoms with Gasteiger partial charge in [0.25, 0.3) is 5.69 Å². The molecule has 1 amide bonds. The largest absolute Gasteiger partial charge is 0.378 e. The summed E-state index contributed by atoms with van der Waals surface area (Å²) in [6.07, 6.45) is 0. The highest BCUT2D eigenvalue weighted by atomic mass is 32.2. The van der Waals surface area contributed by atoms with Crippen LogP contribution in [0.4, 0.5) is 17.1 Å². The molecule has 7 nitrogen and oxygen atoms in total. The van der Waals surface area contributed by atoms with Crippen LogP contribution in [0.1, 0.15) is 0 Å². The molecular weight excluding hydrogens is 354 g/mol. The fraction of sp³-hybridized carbons (Fsp3) is 0.278. The first kappa shape index (κ1) is 18.2. The zero-order valence-electron chi connectivity index (χ0n) is 14.1. The average molecular weight is 373 g/mol. The van der Waals surface area contributed by atoms with Gasteiger partial charge in [0, 0.05) is 41.5 Å². The van der Waals surface area contributed by atoms with Gasteiger partial charge in [-0.3, -0.25) is 14.9 Å². The predicted octanol–water partition coefficient (Wildman–Crippen LogP) is 3.16. The second kappa shape index (κ2) is 8.68. The van der Waals surface area contributed by atoms with Crippen molar-refractivity contribution in [1.29, 1.82) is 0 Å². The number of hydrogen-bond acceptors (Lipinski definition) is 6. The van der Waals surface area contributed by atoms with Gasteiger partial charge < -0.3 is 15.0 Å². The number of anilines is 2. The van der Waals surface area contributed by atoms with Crippen molar-refractivity contribution in [2.24, 2.45) is 0 Å². The van der Waals surface area contributed by atoms with Crippen LogP contribution in [0, 0.1) is 10.1 Å². The van der Waals surface area contributed by atoms with E-state index < -0.39 is 4.92 Å². The van der Waals surface area contributed by atoms with Crippen molar-refractivity contribution in [3.05, 3.63) is 58.6 Å². The molecule has 0 bridgehead atoms. The number of thioether (sulfide) groups is 1. The topological polar surface area (TPSA) is 84.7 Å². The lowest BCUT2D eigenvalue weighted by Crippen LogP contribution is -2.36. The second-order valence-corrected chi connectivity index (χ2v) is 6.79. The minimum atomic E-state index is -0.442. The summed E-state index contributed by atoms with van der Waals surface area (Å²) >= 11 is 1.34. The molecule has 3 rings (SSSR count). The van der Waals surface area contributed by atoms with E-state index in [0.29, 0.717) is 13.2 Å². The molecule has 0 aromatic heterocycles. The van der Waals surface area contributed by atoms with Gasteiger partial charge in [0.1, 0.15) is 0 Å². The molecular formula is C18H19N3O4S. The molecule has 1 fully saturated rings. The third-order valence-electron chi connectivity index (χ3n) is 3.92. The van der Waals surface area contributed by atoms with Gasteiger partial charge in [-0.1, -0.05) is 6.07 Å². The molecule has 1 saturated heterocycles. The number of carbonyl (C=O) groups excluding carboxylic acids is 1. The van der Waals surface area contributed by atoms with Gasteiger partial charge in [0.05, 0.1) is 23.9 Å². The van der Waals surface area contributed by atoms with E-state index in [4.69, 9.17) is 4.74 Å². The van der Waals surface area contributed by atoms with Crippen LogP contribution in [0.15, 0.2) is 53.4 Å². The quantitative estimate of drug-likeness (QED) is 0.476. The number of morpholine rings is 1. The van der Waals surface area contributed by atoms with Crippen LogP contribution >= 0.6 is 11.8 Å². The number of ether oxygens (including phenoxy) is 1. The Labute approximate surface area is 155 Å². The minimum absolute atomic E-state index is 0.0405. The molecule has 8 heteroatoms. The predicted molar refractivity (Wildman–Crippen MR) is 102 cm³/mol. The Balaban J connectivity index is 1.53. The fourth-order valence-corrected chi connectivity index (χ4v) is 3.31. The lowest BCUT2D eigenvalue weighted by Gasteiger charge is -2.29. The Morgan fingerprint density at radius 3 is 2.62 bits per heavy atom. The van der Waals surface area contributed by atoms with E-state index in [0.717, 1.165) is 29.4 Å². The Morgan fingerprint density at radius 2 is 1.92 bits per heavy atom. The highest BCUT2D eigenvalue weighted by Gasteiger charge is 2.12. The van der Waals surface area contributed by atoms with Gasteiger partial charge in [-0.2, -0.15) is 0 Å². The first-order valence-corrected chi connectivity index (χ1v) is 9.20. The molecule has 0 radical (unpaired) electrons. The number of amides is 1. The number of nitro groups is 1. The average Bonchev–Trinajstić information content (AvgIpc) is 2.67. The molecule has 0 saturated carbocycles. The van der Waals surface area contributed by atoms with E-state index in [1.54, 1.807) is 12.1 Å². The molecule has 0 atom stereocenters. The van der Waals surface area contributed by atoms with Crippen molar-refractivity contribution >= 4 is 34.7 Å². The summed E-state index contributed by atoms with van der Waals surface area (Å²) in [6, 6.07) is 13.9. The Hall–Kier alpha value is -2.58. The van der Waals surface area contributed by atoms with Crippen LogP contribution in [0.5, 0.6) is 0 Å². The number of hydrogen-bond donors (Lipinski definition) is 1. The standard InChI is InChI=1S/C18H19N3O4S/c22-18(13-26-17-6-4-15(5-7-17)21(23)24)19-14-2-1-3-16(12-14)20-8-10-25-11-9-20/h1-7,12H,8-11,13H2,(H,19,22). The van der Waals surface area contributed by atoms with E-state index in [-0.39, 0.29) is 17.3 Å². The SMILES string of the molecule is O=C(CSc1ccc([N+](=O)[O-])cc1)Nc1cccc(N2CCOCC2)c1. The first-order valence-electron chi connectivity index (χ1n) is 8.22. The summed E-state index contributed by atoms with van der Waals surface area (Å²) in [4.78, 5) is 25.4. The second-order valence-electron chi connectivity index (χ2n) is 5.74. The summed E-state index contributed by atoms with van der Waals surface area (Å²) < 4.78 is 5.36. The summed E-state index contributed by atoms with van der Waals surface area (Å²) in [7, 11) is 0. The number of rotatable bonds is 6. The number of nitrogens with one attached hydrogen (secondary N) is 1. The molecule has 1 aliphatic heterocycles. The molecule has 0 aliphatic carbocycles. The van der Waals surface area contributed by atoms with E-state index in [2.05, 4.69) is 10.2 Å². The third kappa shape index (κ3) is 4.96. The molecule has 2 aromatic rings. The number of nitro benzene ring substituents is 1. The van der Waals surface area contributed by atoms with Crippen molar-refractivity contribution in [3.8, 4) is 0 Å². The van der Waals surface area contributed by atoms with Gasteiger partial charge in [0.2, 0.25) is 5.91 Å². The lowest BCUT2D eigenvalue weighted by molar-refractivity contribution is -0.384. The third-order valence-corrected chi connectivity index (χ3v) is 4.94. The van der Waals surface area contributed by atoms with Crippen LogP contribution < -0.4 is 10.2 Å². The number of carbonyl (C=O) groups is 1. The van der Waals surface area contributed by atoms with Crippen molar-refractivity contribution in [2.45, 2.75) is 4.90 Å². The molecule has 136 valence electrons. The summed E-state index contributed by atoms with van der Waals surface area (Å²) in [6.45, 7) is 3.10. The number of nitrogens with zero attached hydrogens (tertiary/aromatic N) is 2. The monoisotopic (exact) mass is 373 g/mol. The highest BCUT2D eigenvalue weighted by Crippen LogP contribution is 2.23. The summed E-state index contributed by atoms with van der Waals surface area (Å²) in [5, 5.41) is 13.5. The Morgan fingerprint density at radius 1 is 1.19 bits per heavy atom. The van der Waals surface area contributed by atoms with Gasteiger partial charge in [0.15, 0.2) is 0 Å². The number of non-ortho nitro benzene ring substituents is 1. The van der Waals surface area contributed by atoms with Crippen LogP contribution in [-0.4, -0.2) is 42.9 Å². The van der Waals surface area contributed by atoms with Crippen LogP contribution in [-0.2, 0) is 9.53 Å². The van der Waals surface area contributed by atoms with Crippen molar-refractivity contribution in [1.82, 2.24) is 0 Å². The zero-order valence-corrected chi connectivity index (χ0v) is 14.9. The van der Waals surface area contributed by atoms with Crippen LogP contribution in [0.2, 0.25) is 0 Å². The van der Waals surface area contributed by atoms with E-state index >= 15 is 0 Å². The molecule has 0 spiro atoms. The molecule has 1 heterocycles. The highest BCUT2D eigenvalue weighted by molar-refractivity contribution is 8.00. The van der Waals surface area contributed by atoms with E-state index in [9.17, 15) is 14.9 Å². The lowest BCUT2D eigenvalue weighted by atomic mass is 10.2. The summed E-state index contributed by atoms with van der Waals surface area (Å²) in [5.41, 5.74) is 1.86. The first-order chi connectivity index (χ1) is 12.6. The maximum atomic E-state index is 12.2. The van der Waals surface area contributed by atoms with Crippen molar-refractivity contribution < 1.29 is 14.5 Å². The van der Waals surface area contributed by atoms with E-state index in [1.165, 1.54) is 23.9 Å². The van der Waals surface area contributed by atoms with Crippen molar-refractivity contribution in [2.75, 3.05) is 42.3 Å². The molecule has 26 heavy (non-hydrogen) atoms. The zero-order chi connectivity index (χ0) is 18.4. The Kier molecular flexibility index (Phi) is 6.08. The normalized spacial score (nSPS) is 14.1. The van der Waals surface area contributed by atoms with Crippen LogP contribution in [0.25, 0.3) is 0 Å². The molecule has 1 N–H and O–H groups in total. The van der Waals surface area contributed by atoms with E-state index in [1.807, 2.05) is 24.3 Å². The molecule has 1 aliphatic rings. The fourth-order valence-electron chi connectivity index (χ4n) is 2.61. The van der Waals surface area contributed by atoms with Gasteiger partial charge >= 0.3 is 0 Å². The minimum Gasteiger partial charge on any atom is -0.378 e. The van der Waals surface area contributed by atoms with Gasteiger partial charge in [-0.25, -0.2) is 0 Å². The maximum absolute atomic E-state index is 12.2. The molecule has 2 aromatic carbocycles.